The number of rotatable bonds is 7. The van der Waals surface area contributed by atoms with Crippen LogP contribution in [-0.2, 0) is 9.84 Å². The Morgan fingerprint density at radius 3 is 1.41 bits per heavy atom. The van der Waals surface area contributed by atoms with Crippen LogP contribution in [0.4, 0.5) is 0 Å². The van der Waals surface area contributed by atoms with Crippen LogP contribution in [0.3, 0.4) is 0 Å². The van der Waals surface area contributed by atoms with Crippen LogP contribution in [0.15, 0.2) is 149 Å². The normalized spacial score (nSPS) is 12.7. The van der Waals surface area contributed by atoms with E-state index in [-0.39, 0.29) is 3.93 Å². The molecule has 0 aliphatic carbocycles. The molecule has 0 aromatic heterocycles. The Hall–Kier alpha value is -3.15. The molecule has 0 saturated carbocycles. The Balaban J connectivity index is 1.81. The van der Waals surface area contributed by atoms with E-state index in [1.54, 1.807) is 18.2 Å². The van der Waals surface area contributed by atoms with Crippen LogP contribution in [0.5, 0.6) is 0 Å². The third-order valence-electron chi connectivity index (χ3n) is 7.34. The summed E-state index contributed by atoms with van der Waals surface area (Å²) in [5.74, 6) is 0. The van der Waals surface area contributed by atoms with E-state index >= 15 is 0 Å². The summed E-state index contributed by atoms with van der Waals surface area (Å²) in [6, 6.07) is 47.0. The van der Waals surface area contributed by atoms with E-state index in [0.29, 0.717) is 9.79 Å². The number of benzene rings is 5. The Morgan fingerprint density at radius 1 is 0.541 bits per heavy atom. The van der Waals surface area contributed by atoms with Crippen LogP contribution >= 0.6 is 0 Å². The van der Waals surface area contributed by atoms with E-state index in [4.69, 9.17) is 0 Å². The molecule has 0 radical (unpaired) electrons. The van der Waals surface area contributed by atoms with Gasteiger partial charge in [0.15, 0.2) is 0 Å². The van der Waals surface area contributed by atoms with Crippen LogP contribution in [-0.4, -0.2) is 26.8 Å². The first kappa shape index (κ1) is 25.5. The van der Waals surface area contributed by atoms with Gasteiger partial charge < -0.3 is 0 Å². The summed E-state index contributed by atoms with van der Waals surface area (Å²) < 4.78 is 32.0. The fraction of sp³-hybridized carbons (Fsp3) is 0.0909. The average Bonchev–Trinajstić information content (AvgIpc) is 2.95. The molecule has 0 spiro atoms. The third kappa shape index (κ3) is 4.67. The van der Waals surface area contributed by atoms with Crippen molar-refractivity contribution < 1.29 is 8.42 Å². The van der Waals surface area contributed by atoms with E-state index in [2.05, 4.69) is 97.9 Å². The van der Waals surface area contributed by atoms with Crippen molar-refractivity contribution in [2.75, 3.05) is 0 Å². The number of sulfone groups is 1. The summed E-state index contributed by atoms with van der Waals surface area (Å²) in [5, 5.41) is 0. The number of aryl methyl sites for hydroxylation is 1. The van der Waals surface area contributed by atoms with Gasteiger partial charge in [0.2, 0.25) is 0 Å². The molecule has 0 N–H and O–H groups in total. The first-order chi connectivity index (χ1) is 18.0. The van der Waals surface area contributed by atoms with Crippen LogP contribution in [0.2, 0.25) is 0 Å². The van der Waals surface area contributed by atoms with Gasteiger partial charge in [-0.1, -0.05) is 0 Å². The van der Waals surface area contributed by atoms with Crippen LogP contribution in [0, 0.1) is 6.92 Å². The van der Waals surface area contributed by atoms with E-state index in [1.165, 1.54) is 10.7 Å². The maximum atomic E-state index is 14.0. The summed E-state index contributed by atoms with van der Waals surface area (Å²) in [4.78, 5) is 0.730. The van der Waals surface area contributed by atoms with E-state index < -0.39 is 28.2 Å². The molecule has 0 fully saturated rings. The van der Waals surface area contributed by atoms with Crippen molar-refractivity contribution in [1.29, 1.82) is 0 Å². The van der Waals surface area contributed by atoms with Crippen molar-refractivity contribution in [3.8, 4) is 0 Å². The molecular weight excluding hydrogens is 579 g/mol. The molecule has 5 rings (SSSR count). The molecule has 0 aliphatic rings. The molecule has 5 aromatic carbocycles. The second-order valence-corrected chi connectivity index (χ2v) is 23.4. The summed E-state index contributed by atoms with van der Waals surface area (Å²) in [7, 11) is -3.70. The van der Waals surface area contributed by atoms with Crippen molar-refractivity contribution in [2.45, 2.75) is 27.6 Å². The second kappa shape index (κ2) is 10.7. The predicted molar refractivity (Wildman–Crippen MR) is 155 cm³/mol. The van der Waals surface area contributed by atoms with Crippen molar-refractivity contribution in [2.24, 2.45) is 0 Å². The van der Waals surface area contributed by atoms with E-state index in [9.17, 15) is 8.42 Å². The van der Waals surface area contributed by atoms with Crippen LogP contribution < -0.4 is 10.7 Å². The average molecular weight is 609 g/mol. The molecule has 0 amide bonds. The first-order valence-corrected chi connectivity index (χ1v) is 19.9. The van der Waals surface area contributed by atoms with Gasteiger partial charge in [0, 0.05) is 0 Å². The topological polar surface area (TPSA) is 34.1 Å². The van der Waals surface area contributed by atoms with Crippen LogP contribution in [0.25, 0.3) is 0 Å². The molecule has 0 saturated heterocycles. The monoisotopic (exact) mass is 610 g/mol. The zero-order valence-corrected chi connectivity index (χ0v) is 24.8. The van der Waals surface area contributed by atoms with Crippen molar-refractivity contribution in [1.82, 2.24) is 0 Å². The Morgan fingerprint density at radius 2 is 0.946 bits per heavy atom. The quantitative estimate of drug-likeness (QED) is 0.224. The molecule has 184 valence electrons. The standard InChI is InChI=1S/C15H15O2S.3C6H5.Sn/c1-3-13-6-4-5-7-15(13)18(16,17)14-10-8-12(2)9-11-14;3*1-2-4-6-5-3-1;/h3-11H,1-2H3;3*1-5H;. The second-order valence-electron chi connectivity index (χ2n) is 9.48. The van der Waals surface area contributed by atoms with E-state index in [0.717, 1.165) is 11.1 Å². The van der Waals surface area contributed by atoms with Gasteiger partial charge >= 0.3 is 226 Å². The molecule has 37 heavy (non-hydrogen) atoms. The fourth-order valence-corrected chi connectivity index (χ4v) is 22.7. The predicted octanol–water partition coefficient (Wildman–Crippen LogP) is 5.64. The molecule has 0 unspecified atom stereocenters. The molecule has 1 atom stereocenters. The van der Waals surface area contributed by atoms with Gasteiger partial charge in [-0.15, -0.1) is 0 Å². The van der Waals surface area contributed by atoms with Crippen molar-refractivity contribution >= 4 is 39.0 Å². The molecule has 2 nitrogen and oxygen atoms in total. The van der Waals surface area contributed by atoms with Gasteiger partial charge in [-0.3, -0.25) is 0 Å². The molecule has 0 bridgehead atoms. The zero-order valence-electron chi connectivity index (χ0n) is 21.1. The summed E-state index contributed by atoms with van der Waals surface area (Å²) >= 11 is -3.84. The molecule has 0 aliphatic heterocycles. The van der Waals surface area contributed by atoms with Gasteiger partial charge in [-0.25, -0.2) is 0 Å². The Kier molecular flexibility index (Phi) is 7.36. The SMILES string of the molecule is Cc1ccc(S(=O)(=O)c2ccccc2[C@@H](C)[Sn]([c]2ccccc2)([c]2ccccc2)[c]2ccccc2)cc1. The molecular formula is C33H30O2SSn. The van der Waals surface area contributed by atoms with Crippen LogP contribution in [0.1, 0.15) is 22.0 Å². The van der Waals surface area contributed by atoms with Gasteiger partial charge in [0.05, 0.1) is 0 Å². The van der Waals surface area contributed by atoms with Crippen molar-refractivity contribution in [3.63, 3.8) is 0 Å². The Bertz CT molecular complexity index is 1480. The van der Waals surface area contributed by atoms with Gasteiger partial charge in [-0.05, 0) is 0 Å². The minimum atomic E-state index is -3.84. The van der Waals surface area contributed by atoms with E-state index in [1.807, 2.05) is 37.3 Å². The summed E-state index contributed by atoms with van der Waals surface area (Å²) in [6.45, 7) is 4.21. The minimum absolute atomic E-state index is 0.00192. The molecule has 4 heteroatoms. The number of hydrogen-bond acceptors (Lipinski definition) is 2. The maximum absolute atomic E-state index is 14.0. The zero-order chi connectivity index (χ0) is 25.9. The molecule has 0 heterocycles. The fourth-order valence-electron chi connectivity index (χ4n) is 5.51. The molecule has 5 aromatic rings. The van der Waals surface area contributed by atoms with Crippen molar-refractivity contribution in [3.05, 3.63) is 151 Å². The summed E-state index contributed by atoms with van der Waals surface area (Å²) in [5.41, 5.74) is 1.92. The number of hydrogen-bond donors (Lipinski definition) is 0. The first-order valence-electron chi connectivity index (χ1n) is 12.5. The Labute approximate surface area is 224 Å². The van der Waals surface area contributed by atoms with Gasteiger partial charge in [0.1, 0.15) is 0 Å². The summed E-state index contributed by atoms with van der Waals surface area (Å²) in [6.07, 6.45) is 0. The third-order valence-corrected chi connectivity index (χ3v) is 24.4. The van der Waals surface area contributed by atoms with Gasteiger partial charge in [-0.2, -0.15) is 0 Å². The van der Waals surface area contributed by atoms with Gasteiger partial charge in [0.25, 0.3) is 0 Å².